The molecule has 0 aliphatic rings. The van der Waals surface area contributed by atoms with Gasteiger partial charge in [-0.3, -0.25) is 5.32 Å². The molecule has 0 aliphatic heterocycles. The van der Waals surface area contributed by atoms with Gasteiger partial charge in [-0.05, 0) is 32.4 Å². The number of hydrogen-bond acceptors (Lipinski definition) is 4. The number of nitrogens with one attached hydrogen (secondary N) is 1. The Balaban J connectivity index is 2.78. The van der Waals surface area contributed by atoms with Gasteiger partial charge in [-0.2, -0.15) is 0 Å². The van der Waals surface area contributed by atoms with Crippen LogP contribution in [0.5, 0.6) is 0 Å². The topological polar surface area (TPSA) is 56.5 Å². The first-order valence-electron chi connectivity index (χ1n) is 5.39. The van der Waals surface area contributed by atoms with Crippen LogP contribution in [-0.4, -0.2) is 40.1 Å². The molecule has 14 heavy (non-hydrogen) atoms. The maximum Gasteiger partial charge on any atom is 0.0965 e. The second kappa shape index (κ2) is 12.8. The summed E-state index contributed by atoms with van der Waals surface area (Å²) in [6.07, 6.45) is 4.47. The first kappa shape index (κ1) is 13.8. The van der Waals surface area contributed by atoms with E-state index in [9.17, 15) is 0 Å². The summed E-state index contributed by atoms with van der Waals surface area (Å²) < 4.78 is 10.2. The van der Waals surface area contributed by atoms with Gasteiger partial charge in [0.05, 0.1) is 13.3 Å². The van der Waals surface area contributed by atoms with Crippen molar-refractivity contribution in [3.05, 3.63) is 0 Å². The fourth-order valence-corrected chi connectivity index (χ4v) is 1.09. The molecule has 0 aromatic carbocycles. The number of methoxy groups -OCH3 is 1. The summed E-state index contributed by atoms with van der Waals surface area (Å²) in [5, 5.41) is 3.22. The third-order valence-corrected chi connectivity index (χ3v) is 1.90. The van der Waals surface area contributed by atoms with Crippen molar-refractivity contribution in [1.82, 2.24) is 5.32 Å². The Bertz CT molecular complexity index is 90.1. The van der Waals surface area contributed by atoms with E-state index >= 15 is 0 Å². The highest BCUT2D eigenvalue weighted by molar-refractivity contribution is 4.45. The zero-order chi connectivity index (χ0) is 10.5. The summed E-state index contributed by atoms with van der Waals surface area (Å²) >= 11 is 0. The van der Waals surface area contributed by atoms with Gasteiger partial charge in [-0.25, -0.2) is 0 Å². The summed E-state index contributed by atoms with van der Waals surface area (Å²) in [4.78, 5) is 0. The summed E-state index contributed by atoms with van der Waals surface area (Å²) in [6, 6.07) is 0. The third kappa shape index (κ3) is 11.8. The highest BCUT2D eigenvalue weighted by atomic mass is 16.5. The van der Waals surface area contributed by atoms with Crippen LogP contribution in [0.25, 0.3) is 0 Å². The van der Waals surface area contributed by atoms with Gasteiger partial charge in [0.25, 0.3) is 0 Å². The van der Waals surface area contributed by atoms with Gasteiger partial charge in [-0.1, -0.05) is 6.42 Å². The standard InChI is InChI=1S/C10H24N2O2/c1-13-8-5-9-14-10-12-7-4-2-3-6-11/h12H,2-11H2,1H3. The smallest absolute Gasteiger partial charge is 0.0965 e. The first-order valence-corrected chi connectivity index (χ1v) is 5.39. The predicted molar refractivity (Wildman–Crippen MR) is 58.2 cm³/mol. The molecular weight excluding hydrogens is 180 g/mol. The lowest BCUT2D eigenvalue weighted by molar-refractivity contribution is 0.0908. The quantitative estimate of drug-likeness (QED) is 0.384. The average molecular weight is 204 g/mol. The van der Waals surface area contributed by atoms with Gasteiger partial charge < -0.3 is 15.2 Å². The molecule has 0 amide bonds. The summed E-state index contributed by atoms with van der Waals surface area (Å²) in [5.74, 6) is 0. The molecule has 0 aliphatic carbocycles. The van der Waals surface area contributed by atoms with Gasteiger partial charge in [0.15, 0.2) is 0 Å². The number of rotatable bonds is 11. The predicted octanol–water partition coefficient (Wildman–Crippen LogP) is 0.716. The molecule has 0 saturated carbocycles. The van der Waals surface area contributed by atoms with Crippen molar-refractivity contribution in [2.45, 2.75) is 25.7 Å². The van der Waals surface area contributed by atoms with E-state index < -0.39 is 0 Å². The van der Waals surface area contributed by atoms with E-state index in [-0.39, 0.29) is 0 Å². The number of nitrogens with two attached hydrogens (primary N) is 1. The van der Waals surface area contributed by atoms with Crippen LogP contribution in [0.15, 0.2) is 0 Å². The van der Waals surface area contributed by atoms with Crippen molar-refractivity contribution in [2.24, 2.45) is 5.73 Å². The van der Waals surface area contributed by atoms with Gasteiger partial charge >= 0.3 is 0 Å². The monoisotopic (exact) mass is 204 g/mol. The van der Waals surface area contributed by atoms with Crippen molar-refractivity contribution < 1.29 is 9.47 Å². The lowest BCUT2D eigenvalue weighted by Crippen LogP contribution is -2.20. The van der Waals surface area contributed by atoms with E-state index in [0.717, 1.165) is 39.1 Å². The highest BCUT2D eigenvalue weighted by Gasteiger charge is 1.89. The fraction of sp³-hybridized carbons (Fsp3) is 1.00. The number of ether oxygens (including phenoxy) is 2. The van der Waals surface area contributed by atoms with Crippen LogP contribution in [0, 0.1) is 0 Å². The lowest BCUT2D eigenvalue weighted by atomic mass is 10.2. The van der Waals surface area contributed by atoms with E-state index in [1.807, 2.05) is 0 Å². The summed E-state index contributed by atoms with van der Waals surface area (Å²) in [7, 11) is 1.70. The molecular formula is C10H24N2O2. The van der Waals surface area contributed by atoms with Crippen LogP contribution in [-0.2, 0) is 9.47 Å². The minimum absolute atomic E-state index is 0.645. The van der Waals surface area contributed by atoms with Crippen LogP contribution in [0.2, 0.25) is 0 Å². The Morgan fingerprint density at radius 2 is 1.93 bits per heavy atom. The van der Waals surface area contributed by atoms with Gasteiger partial charge in [0, 0.05) is 13.7 Å². The minimum atomic E-state index is 0.645. The summed E-state index contributed by atoms with van der Waals surface area (Å²) in [6.45, 7) is 4.00. The molecule has 4 nitrogen and oxygen atoms in total. The van der Waals surface area contributed by atoms with E-state index in [4.69, 9.17) is 15.2 Å². The molecule has 0 fully saturated rings. The molecule has 0 heterocycles. The van der Waals surface area contributed by atoms with Crippen molar-refractivity contribution in [3.63, 3.8) is 0 Å². The molecule has 3 N–H and O–H groups in total. The van der Waals surface area contributed by atoms with Crippen molar-refractivity contribution in [2.75, 3.05) is 40.1 Å². The van der Waals surface area contributed by atoms with Gasteiger partial charge in [0.1, 0.15) is 0 Å². The maximum atomic E-state index is 5.38. The zero-order valence-electron chi connectivity index (χ0n) is 9.26. The van der Waals surface area contributed by atoms with Crippen molar-refractivity contribution >= 4 is 0 Å². The number of hydrogen-bond donors (Lipinski definition) is 2. The molecule has 0 spiro atoms. The summed E-state index contributed by atoms with van der Waals surface area (Å²) in [5.41, 5.74) is 5.38. The highest BCUT2D eigenvalue weighted by Crippen LogP contribution is 1.90. The molecule has 0 atom stereocenters. The average Bonchev–Trinajstić information content (AvgIpc) is 2.21. The fourth-order valence-electron chi connectivity index (χ4n) is 1.09. The Labute approximate surface area is 87.1 Å². The maximum absolute atomic E-state index is 5.38. The number of unbranched alkanes of at least 4 members (excludes halogenated alkanes) is 2. The van der Waals surface area contributed by atoms with Crippen LogP contribution in [0.1, 0.15) is 25.7 Å². The van der Waals surface area contributed by atoms with Gasteiger partial charge in [-0.15, -0.1) is 0 Å². The molecule has 86 valence electrons. The largest absolute Gasteiger partial charge is 0.385 e. The van der Waals surface area contributed by atoms with E-state index in [1.165, 1.54) is 12.8 Å². The second-order valence-corrected chi connectivity index (χ2v) is 3.25. The molecule has 4 heteroatoms. The Morgan fingerprint density at radius 3 is 2.64 bits per heavy atom. The molecule has 0 aromatic rings. The lowest BCUT2D eigenvalue weighted by Gasteiger charge is -2.05. The molecule has 0 saturated heterocycles. The van der Waals surface area contributed by atoms with E-state index in [0.29, 0.717) is 6.73 Å². The SMILES string of the molecule is COCCCOCNCCCCCN. The Kier molecular flexibility index (Phi) is 12.7. The van der Waals surface area contributed by atoms with Crippen molar-refractivity contribution in [3.8, 4) is 0 Å². The van der Waals surface area contributed by atoms with Crippen LogP contribution >= 0.6 is 0 Å². The van der Waals surface area contributed by atoms with E-state index in [2.05, 4.69) is 5.32 Å². The zero-order valence-corrected chi connectivity index (χ0v) is 9.26. The van der Waals surface area contributed by atoms with Crippen LogP contribution < -0.4 is 11.1 Å². The molecule has 0 radical (unpaired) electrons. The normalized spacial score (nSPS) is 10.7. The molecule has 0 rings (SSSR count). The van der Waals surface area contributed by atoms with E-state index in [1.54, 1.807) is 7.11 Å². The molecule has 0 bridgehead atoms. The molecule has 0 unspecified atom stereocenters. The first-order chi connectivity index (χ1) is 6.91. The Morgan fingerprint density at radius 1 is 1.07 bits per heavy atom. The second-order valence-electron chi connectivity index (χ2n) is 3.25. The van der Waals surface area contributed by atoms with Crippen LogP contribution in [0.4, 0.5) is 0 Å². The Hall–Kier alpha value is -0.160. The van der Waals surface area contributed by atoms with Crippen molar-refractivity contribution in [1.29, 1.82) is 0 Å². The third-order valence-electron chi connectivity index (χ3n) is 1.90. The van der Waals surface area contributed by atoms with Crippen LogP contribution in [0.3, 0.4) is 0 Å². The van der Waals surface area contributed by atoms with Gasteiger partial charge in [0.2, 0.25) is 0 Å². The minimum Gasteiger partial charge on any atom is -0.385 e. The molecule has 0 aromatic heterocycles.